The summed E-state index contributed by atoms with van der Waals surface area (Å²) in [4.78, 5) is 0. The Labute approximate surface area is 77.0 Å². The SMILES string of the molecule is CCCn1ncc(CCO)c1Cl. The lowest BCUT2D eigenvalue weighted by Gasteiger charge is -1.99. The van der Waals surface area contributed by atoms with E-state index in [0.717, 1.165) is 18.5 Å². The van der Waals surface area contributed by atoms with Gasteiger partial charge in [-0.3, -0.25) is 4.68 Å². The van der Waals surface area contributed by atoms with Crippen molar-refractivity contribution in [2.45, 2.75) is 26.3 Å². The van der Waals surface area contributed by atoms with Crippen LogP contribution in [0.3, 0.4) is 0 Å². The van der Waals surface area contributed by atoms with Crippen LogP contribution in [-0.2, 0) is 13.0 Å². The van der Waals surface area contributed by atoms with E-state index in [1.807, 2.05) is 0 Å². The van der Waals surface area contributed by atoms with Crippen molar-refractivity contribution in [3.63, 3.8) is 0 Å². The fourth-order valence-corrected chi connectivity index (χ4v) is 1.34. The molecule has 0 aromatic carbocycles. The van der Waals surface area contributed by atoms with Gasteiger partial charge in [-0.1, -0.05) is 18.5 Å². The van der Waals surface area contributed by atoms with Gasteiger partial charge in [0, 0.05) is 25.1 Å². The molecule has 0 fully saturated rings. The Hall–Kier alpha value is -0.540. The summed E-state index contributed by atoms with van der Waals surface area (Å²) < 4.78 is 1.76. The minimum atomic E-state index is 0.123. The van der Waals surface area contributed by atoms with Crippen molar-refractivity contribution in [2.24, 2.45) is 0 Å². The van der Waals surface area contributed by atoms with Gasteiger partial charge in [0.15, 0.2) is 0 Å². The van der Waals surface area contributed by atoms with E-state index < -0.39 is 0 Å². The third kappa shape index (κ3) is 1.99. The number of aliphatic hydroxyl groups excluding tert-OH is 1. The zero-order valence-electron chi connectivity index (χ0n) is 7.13. The van der Waals surface area contributed by atoms with Crippen LogP contribution in [0.1, 0.15) is 18.9 Å². The van der Waals surface area contributed by atoms with E-state index in [1.165, 1.54) is 0 Å². The molecule has 1 aromatic rings. The maximum Gasteiger partial charge on any atom is 0.130 e. The van der Waals surface area contributed by atoms with E-state index in [0.29, 0.717) is 11.6 Å². The van der Waals surface area contributed by atoms with Crippen LogP contribution in [0.2, 0.25) is 5.15 Å². The van der Waals surface area contributed by atoms with E-state index >= 15 is 0 Å². The maximum atomic E-state index is 8.69. The van der Waals surface area contributed by atoms with Crippen molar-refractivity contribution in [1.82, 2.24) is 9.78 Å². The van der Waals surface area contributed by atoms with Gasteiger partial charge in [-0.2, -0.15) is 5.10 Å². The monoisotopic (exact) mass is 188 g/mol. The highest BCUT2D eigenvalue weighted by atomic mass is 35.5. The predicted molar refractivity (Wildman–Crippen MR) is 48.3 cm³/mol. The molecule has 3 nitrogen and oxygen atoms in total. The molecule has 0 bridgehead atoms. The number of hydrogen-bond donors (Lipinski definition) is 1. The van der Waals surface area contributed by atoms with Crippen LogP contribution in [-0.4, -0.2) is 21.5 Å². The molecule has 0 saturated carbocycles. The molecule has 12 heavy (non-hydrogen) atoms. The second-order valence-electron chi connectivity index (χ2n) is 2.66. The highest BCUT2D eigenvalue weighted by molar-refractivity contribution is 6.30. The fourth-order valence-electron chi connectivity index (χ4n) is 1.06. The summed E-state index contributed by atoms with van der Waals surface area (Å²) in [6.45, 7) is 3.03. The summed E-state index contributed by atoms with van der Waals surface area (Å²) in [5.41, 5.74) is 0.924. The first-order valence-corrected chi connectivity index (χ1v) is 4.48. The van der Waals surface area contributed by atoms with Gasteiger partial charge in [-0.05, 0) is 6.42 Å². The number of aliphatic hydroxyl groups is 1. The van der Waals surface area contributed by atoms with Crippen LogP contribution in [0.15, 0.2) is 6.20 Å². The molecule has 1 N–H and O–H groups in total. The lowest BCUT2D eigenvalue weighted by atomic mass is 10.3. The zero-order chi connectivity index (χ0) is 8.97. The van der Waals surface area contributed by atoms with E-state index in [9.17, 15) is 0 Å². The lowest BCUT2D eigenvalue weighted by Crippen LogP contribution is -1.99. The Balaban J connectivity index is 2.74. The molecular formula is C8H13ClN2O. The van der Waals surface area contributed by atoms with Gasteiger partial charge in [0.1, 0.15) is 5.15 Å². The van der Waals surface area contributed by atoms with Crippen molar-refractivity contribution in [2.75, 3.05) is 6.61 Å². The van der Waals surface area contributed by atoms with Crippen molar-refractivity contribution in [1.29, 1.82) is 0 Å². The van der Waals surface area contributed by atoms with Crippen molar-refractivity contribution < 1.29 is 5.11 Å². The van der Waals surface area contributed by atoms with Crippen LogP contribution < -0.4 is 0 Å². The third-order valence-electron chi connectivity index (χ3n) is 1.66. The zero-order valence-corrected chi connectivity index (χ0v) is 7.88. The molecule has 0 radical (unpaired) electrons. The third-order valence-corrected chi connectivity index (χ3v) is 2.10. The normalized spacial score (nSPS) is 10.6. The van der Waals surface area contributed by atoms with Crippen LogP contribution in [0.5, 0.6) is 0 Å². The van der Waals surface area contributed by atoms with Gasteiger partial charge in [0.2, 0.25) is 0 Å². The topological polar surface area (TPSA) is 38.0 Å². The fraction of sp³-hybridized carbons (Fsp3) is 0.625. The first-order chi connectivity index (χ1) is 5.79. The molecule has 0 aliphatic rings. The molecule has 0 amide bonds. The number of halogens is 1. The second kappa shape index (κ2) is 4.48. The molecule has 0 unspecified atom stereocenters. The Morgan fingerprint density at radius 1 is 1.67 bits per heavy atom. The van der Waals surface area contributed by atoms with Gasteiger partial charge in [-0.25, -0.2) is 0 Å². The Kier molecular flexibility index (Phi) is 3.56. The quantitative estimate of drug-likeness (QED) is 0.778. The molecule has 0 atom stereocenters. The second-order valence-corrected chi connectivity index (χ2v) is 3.02. The minimum absolute atomic E-state index is 0.123. The Morgan fingerprint density at radius 2 is 2.42 bits per heavy atom. The molecule has 68 valence electrons. The van der Waals surface area contributed by atoms with E-state index in [-0.39, 0.29) is 6.61 Å². The predicted octanol–water partition coefficient (Wildman–Crippen LogP) is 1.48. The highest BCUT2D eigenvalue weighted by Gasteiger charge is 2.05. The summed E-state index contributed by atoms with van der Waals surface area (Å²) in [5.74, 6) is 0. The maximum absolute atomic E-state index is 8.69. The average Bonchev–Trinajstić information content (AvgIpc) is 2.38. The molecule has 1 rings (SSSR count). The molecule has 0 saturated heterocycles. The largest absolute Gasteiger partial charge is 0.396 e. The molecule has 0 aliphatic heterocycles. The minimum Gasteiger partial charge on any atom is -0.396 e. The van der Waals surface area contributed by atoms with E-state index in [1.54, 1.807) is 10.9 Å². The molecule has 1 heterocycles. The van der Waals surface area contributed by atoms with Gasteiger partial charge in [0.05, 0.1) is 6.20 Å². The first-order valence-electron chi connectivity index (χ1n) is 4.10. The summed E-state index contributed by atoms with van der Waals surface area (Å²) in [6, 6.07) is 0. The summed E-state index contributed by atoms with van der Waals surface area (Å²) >= 11 is 5.97. The number of rotatable bonds is 4. The number of nitrogens with zero attached hydrogens (tertiary/aromatic N) is 2. The molecule has 1 aromatic heterocycles. The number of aryl methyl sites for hydroxylation is 1. The van der Waals surface area contributed by atoms with Gasteiger partial charge in [0.25, 0.3) is 0 Å². The van der Waals surface area contributed by atoms with Crippen LogP contribution >= 0.6 is 11.6 Å². The van der Waals surface area contributed by atoms with Gasteiger partial charge >= 0.3 is 0 Å². The molecule has 4 heteroatoms. The highest BCUT2D eigenvalue weighted by Crippen LogP contribution is 2.15. The summed E-state index contributed by atoms with van der Waals surface area (Å²) in [7, 11) is 0. The molecule has 0 spiro atoms. The lowest BCUT2D eigenvalue weighted by molar-refractivity contribution is 0.299. The van der Waals surface area contributed by atoms with Gasteiger partial charge in [-0.15, -0.1) is 0 Å². The Bertz CT molecular complexity index is 224. The number of hydrogen-bond acceptors (Lipinski definition) is 2. The van der Waals surface area contributed by atoms with Gasteiger partial charge < -0.3 is 5.11 Å². The summed E-state index contributed by atoms with van der Waals surface area (Å²) in [6.07, 6.45) is 3.32. The smallest absolute Gasteiger partial charge is 0.130 e. The average molecular weight is 189 g/mol. The summed E-state index contributed by atoms with van der Waals surface area (Å²) in [5, 5.41) is 13.4. The molecular weight excluding hydrogens is 176 g/mol. The number of aromatic nitrogens is 2. The van der Waals surface area contributed by atoms with Crippen LogP contribution in [0.25, 0.3) is 0 Å². The molecule has 0 aliphatic carbocycles. The first kappa shape index (κ1) is 9.55. The van der Waals surface area contributed by atoms with Crippen molar-refractivity contribution in [3.05, 3.63) is 16.9 Å². The van der Waals surface area contributed by atoms with Crippen LogP contribution in [0.4, 0.5) is 0 Å². The standard InChI is InChI=1S/C8H13ClN2O/c1-2-4-11-8(9)7(3-5-12)6-10-11/h6,12H,2-5H2,1H3. The van der Waals surface area contributed by atoms with E-state index in [4.69, 9.17) is 16.7 Å². The van der Waals surface area contributed by atoms with E-state index in [2.05, 4.69) is 12.0 Å². The Morgan fingerprint density at radius 3 is 3.00 bits per heavy atom. The van der Waals surface area contributed by atoms with Crippen molar-refractivity contribution in [3.8, 4) is 0 Å². The van der Waals surface area contributed by atoms with Crippen molar-refractivity contribution >= 4 is 11.6 Å². The van der Waals surface area contributed by atoms with Crippen LogP contribution in [0, 0.1) is 0 Å².